The van der Waals surface area contributed by atoms with E-state index in [0.29, 0.717) is 22.8 Å². The molecule has 2 rings (SSSR count). The van der Waals surface area contributed by atoms with Crippen molar-refractivity contribution in [2.24, 2.45) is 0 Å². The van der Waals surface area contributed by atoms with Crippen LogP contribution in [0.15, 0.2) is 18.2 Å². The van der Waals surface area contributed by atoms with Crippen molar-refractivity contribution in [3.63, 3.8) is 0 Å². The summed E-state index contributed by atoms with van der Waals surface area (Å²) in [7, 11) is 0. The van der Waals surface area contributed by atoms with Crippen molar-refractivity contribution in [2.75, 3.05) is 13.1 Å². The lowest BCUT2D eigenvalue weighted by Crippen LogP contribution is -2.35. The Bertz CT molecular complexity index is 351. The summed E-state index contributed by atoms with van der Waals surface area (Å²) in [6.07, 6.45) is 2.59. The van der Waals surface area contributed by atoms with Crippen molar-refractivity contribution in [3.8, 4) is 0 Å². The van der Waals surface area contributed by atoms with Gasteiger partial charge in [-0.25, -0.2) is 0 Å². The Labute approximate surface area is 106 Å². The molecule has 1 aromatic carbocycles. The van der Waals surface area contributed by atoms with Crippen LogP contribution in [0.3, 0.4) is 0 Å². The largest absolute Gasteiger partial charge is 0.372 e. The minimum atomic E-state index is 0.295. The quantitative estimate of drug-likeness (QED) is 0.900. The summed E-state index contributed by atoms with van der Waals surface area (Å²) < 4.78 is 5.80. The SMILES string of the molecule is Clc1cccc(COC2CCCNC2)c1Cl. The molecule has 1 heterocycles. The summed E-state index contributed by atoms with van der Waals surface area (Å²) in [5.41, 5.74) is 0.958. The van der Waals surface area contributed by atoms with Gasteiger partial charge in [-0.2, -0.15) is 0 Å². The third-order valence-electron chi connectivity index (χ3n) is 2.76. The zero-order valence-corrected chi connectivity index (χ0v) is 10.5. The first-order chi connectivity index (χ1) is 7.77. The van der Waals surface area contributed by atoms with Gasteiger partial charge in [-0.05, 0) is 31.0 Å². The van der Waals surface area contributed by atoms with Crippen LogP contribution >= 0.6 is 23.2 Å². The van der Waals surface area contributed by atoms with Crippen LogP contribution in [0.4, 0.5) is 0 Å². The first-order valence-electron chi connectivity index (χ1n) is 5.52. The topological polar surface area (TPSA) is 21.3 Å². The van der Waals surface area contributed by atoms with E-state index in [9.17, 15) is 0 Å². The molecule has 0 saturated carbocycles. The molecular weight excluding hydrogens is 245 g/mol. The first-order valence-corrected chi connectivity index (χ1v) is 6.28. The molecule has 1 atom stereocenters. The molecule has 0 bridgehead atoms. The number of benzene rings is 1. The van der Waals surface area contributed by atoms with E-state index >= 15 is 0 Å². The summed E-state index contributed by atoms with van der Waals surface area (Å²) in [5.74, 6) is 0. The highest BCUT2D eigenvalue weighted by Gasteiger charge is 2.14. The molecule has 1 aromatic rings. The van der Waals surface area contributed by atoms with Crippen molar-refractivity contribution in [1.82, 2.24) is 5.32 Å². The van der Waals surface area contributed by atoms with Crippen LogP contribution in [0, 0.1) is 0 Å². The van der Waals surface area contributed by atoms with E-state index in [-0.39, 0.29) is 0 Å². The minimum absolute atomic E-state index is 0.295. The summed E-state index contributed by atoms with van der Waals surface area (Å²) >= 11 is 12.0. The van der Waals surface area contributed by atoms with E-state index in [1.165, 1.54) is 6.42 Å². The molecule has 0 spiro atoms. The maximum atomic E-state index is 6.08. The monoisotopic (exact) mass is 259 g/mol. The molecule has 1 aliphatic heterocycles. The Morgan fingerprint density at radius 2 is 2.25 bits per heavy atom. The Kier molecular flexibility index (Phi) is 4.47. The first kappa shape index (κ1) is 12.2. The van der Waals surface area contributed by atoms with Gasteiger partial charge in [0.2, 0.25) is 0 Å². The summed E-state index contributed by atoms with van der Waals surface area (Å²) in [5, 5.41) is 4.51. The fourth-order valence-corrected chi connectivity index (χ4v) is 2.20. The number of hydrogen-bond acceptors (Lipinski definition) is 2. The molecule has 0 radical (unpaired) electrons. The van der Waals surface area contributed by atoms with E-state index in [4.69, 9.17) is 27.9 Å². The van der Waals surface area contributed by atoms with Crippen LogP contribution in [0.1, 0.15) is 18.4 Å². The second kappa shape index (κ2) is 5.87. The predicted molar refractivity (Wildman–Crippen MR) is 67.1 cm³/mol. The van der Waals surface area contributed by atoms with Crippen molar-refractivity contribution in [3.05, 3.63) is 33.8 Å². The fourth-order valence-electron chi connectivity index (χ4n) is 1.83. The molecule has 2 nitrogen and oxygen atoms in total. The average molecular weight is 260 g/mol. The molecule has 1 fully saturated rings. The lowest BCUT2D eigenvalue weighted by molar-refractivity contribution is 0.0253. The molecule has 4 heteroatoms. The van der Waals surface area contributed by atoms with Gasteiger partial charge in [0.05, 0.1) is 22.8 Å². The molecule has 0 aliphatic carbocycles. The summed E-state index contributed by atoms with van der Waals surface area (Å²) in [4.78, 5) is 0. The van der Waals surface area contributed by atoms with Crippen LogP contribution < -0.4 is 5.32 Å². The Morgan fingerprint density at radius 1 is 1.38 bits per heavy atom. The number of rotatable bonds is 3. The van der Waals surface area contributed by atoms with E-state index in [2.05, 4.69) is 5.32 Å². The molecule has 0 aromatic heterocycles. The minimum Gasteiger partial charge on any atom is -0.372 e. The molecule has 88 valence electrons. The van der Waals surface area contributed by atoms with Crippen LogP contribution in [0.25, 0.3) is 0 Å². The lowest BCUT2D eigenvalue weighted by atomic mass is 10.1. The van der Waals surface area contributed by atoms with E-state index < -0.39 is 0 Å². The molecule has 0 amide bonds. The van der Waals surface area contributed by atoms with E-state index in [1.54, 1.807) is 6.07 Å². The van der Waals surface area contributed by atoms with E-state index in [1.807, 2.05) is 12.1 Å². The third-order valence-corrected chi connectivity index (χ3v) is 3.62. The Balaban J connectivity index is 1.91. The number of piperidine rings is 1. The van der Waals surface area contributed by atoms with Gasteiger partial charge in [0.1, 0.15) is 0 Å². The van der Waals surface area contributed by atoms with Gasteiger partial charge < -0.3 is 10.1 Å². The molecule has 1 unspecified atom stereocenters. The van der Waals surface area contributed by atoms with Crippen LogP contribution in [0.2, 0.25) is 10.0 Å². The molecule has 1 N–H and O–H groups in total. The van der Waals surface area contributed by atoms with Gasteiger partial charge in [-0.3, -0.25) is 0 Å². The zero-order valence-electron chi connectivity index (χ0n) is 9.01. The molecule has 1 aliphatic rings. The molecular formula is C12H15Cl2NO. The van der Waals surface area contributed by atoms with E-state index in [0.717, 1.165) is 25.1 Å². The maximum Gasteiger partial charge on any atom is 0.0736 e. The second-order valence-corrected chi connectivity index (χ2v) is 4.78. The van der Waals surface area contributed by atoms with Crippen molar-refractivity contribution in [2.45, 2.75) is 25.6 Å². The molecule has 1 saturated heterocycles. The summed E-state index contributed by atoms with van der Waals surface area (Å²) in [6, 6.07) is 5.63. The summed E-state index contributed by atoms with van der Waals surface area (Å²) in [6.45, 7) is 2.56. The second-order valence-electron chi connectivity index (χ2n) is 3.99. The lowest BCUT2D eigenvalue weighted by Gasteiger charge is -2.23. The van der Waals surface area contributed by atoms with Crippen LogP contribution in [-0.2, 0) is 11.3 Å². The number of nitrogens with one attached hydrogen (secondary N) is 1. The number of ether oxygens (including phenoxy) is 1. The van der Waals surface area contributed by atoms with Gasteiger partial charge in [0.15, 0.2) is 0 Å². The van der Waals surface area contributed by atoms with Crippen molar-refractivity contribution >= 4 is 23.2 Å². The molecule has 16 heavy (non-hydrogen) atoms. The van der Waals surface area contributed by atoms with Gasteiger partial charge in [0, 0.05) is 6.54 Å². The predicted octanol–water partition coefficient (Wildman–Crippen LogP) is 3.26. The Hall–Kier alpha value is -0.280. The van der Waals surface area contributed by atoms with Crippen molar-refractivity contribution in [1.29, 1.82) is 0 Å². The fraction of sp³-hybridized carbons (Fsp3) is 0.500. The highest BCUT2D eigenvalue weighted by atomic mass is 35.5. The average Bonchev–Trinajstić information content (AvgIpc) is 2.32. The highest BCUT2D eigenvalue weighted by molar-refractivity contribution is 6.42. The number of halogens is 2. The van der Waals surface area contributed by atoms with Gasteiger partial charge in [0.25, 0.3) is 0 Å². The zero-order chi connectivity index (χ0) is 11.4. The van der Waals surface area contributed by atoms with Crippen LogP contribution in [-0.4, -0.2) is 19.2 Å². The van der Waals surface area contributed by atoms with Gasteiger partial charge in [-0.1, -0.05) is 35.3 Å². The Morgan fingerprint density at radius 3 is 3.00 bits per heavy atom. The van der Waals surface area contributed by atoms with Crippen LogP contribution in [0.5, 0.6) is 0 Å². The van der Waals surface area contributed by atoms with Gasteiger partial charge in [-0.15, -0.1) is 0 Å². The number of hydrogen-bond donors (Lipinski definition) is 1. The van der Waals surface area contributed by atoms with Crippen molar-refractivity contribution < 1.29 is 4.74 Å². The smallest absolute Gasteiger partial charge is 0.0736 e. The normalized spacial score (nSPS) is 21.0. The maximum absolute atomic E-state index is 6.08. The van der Waals surface area contributed by atoms with Gasteiger partial charge >= 0.3 is 0 Å². The highest BCUT2D eigenvalue weighted by Crippen LogP contribution is 2.26. The third kappa shape index (κ3) is 3.11. The standard InChI is InChI=1S/C12H15Cl2NO/c13-11-5-1-3-9(12(11)14)8-16-10-4-2-6-15-7-10/h1,3,5,10,15H,2,4,6-8H2.